The van der Waals surface area contributed by atoms with Crippen LogP contribution in [-0.2, 0) is 6.54 Å². The summed E-state index contributed by atoms with van der Waals surface area (Å²) in [4.78, 5) is 4.12. The zero-order valence-electron chi connectivity index (χ0n) is 10.5. The maximum atomic E-state index is 10.5. The van der Waals surface area contributed by atoms with Crippen LogP contribution in [0.15, 0.2) is 29.1 Å². The van der Waals surface area contributed by atoms with Crippen LogP contribution >= 0.6 is 15.9 Å². The van der Waals surface area contributed by atoms with Crippen molar-refractivity contribution >= 4 is 15.9 Å². The molecule has 5 heteroatoms. The molecule has 0 aliphatic heterocycles. The van der Waals surface area contributed by atoms with Gasteiger partial charge in [-0.05, 0) is 34.8 Å². The Morgan fingerprint density at radius 2 is 2.17 bits per heavy atom. The molecule has 2 heterocycles. The minimum absolute atomic E-state index is 0.708. The van der Waals surface area contributed by atoms with Crippen LogP contribution < -0.4 is 0 Å². The smallest absolute Gasteiger partial charge is 0.123 e. The van der Waals surface area contributed by atoms with Crippen molar-refractivity contribution in [2.75, 3.05) is 0 Å². The topological polar surface area (TPSA) is 50.9 Å². The first-order chi connectivity index (χ1) is 8.63. The number of hydrogen-bond donors (Lipinski definition) is 1. The van der Waals surface area contributed by atoms with Crippen molar-refractivity contribution in [2.45, 2.75) is 32.9 Å². The van der Waals surface area contributed by atoms with Crippen molar-refractivity contribution in [3.8, 4) is 0 Å². The number of nitrogens with zero attached hydrogens (tertiary/aromatic N) is 3. The van der Waals surface area contributed by atoms with Crippen LogP contribution in [0.2, 0.25) is 0 Å². The molecule has 4 nitrogen and oxygen atoms in total. The fourth-order valence-electron chi connectivity index (χ4n) is 1.92. The summed E-state index contributed by atoms with van der Waals surface area (Å²) >= 11 is 3.44. The molecule has 1 unspecified atom stereocenters. The first-order valence-corrected chi connectivity index (χ1v) is 6.73. The third kappa shape index (κ3) is 2.62. The number of aryl methyl sites for hydroxylation is 2. The van der Waals surface area contributed by atoms with Crippen molar-refractivity contribution < 1.29 is 5.11 Å². The molecular formula is C13H16BrN3O. The van der Waals surface area contributed by atoms with E-state index in [0.29, 0.717) is 0 Å². The van der Waals surface area contributed by atoms with Crippen LogP contribution in [0.4, 0.5) is 0 Å². The van der Waals surface area contributed by atoms with E-state index in [9.17, 15) is 5.11 Å². The molecule has 0 aliphatic rings. The van der Waals surface area contributed by atoms with Crippen molar-refractivity contribution in [3.05, 3.63) is 46.0 Å². The van der Waals surface area contributed by atoms with Gasteiger partial charge in [-0.25, -0.2) is 0 Å². The second-order valence-electron chi connectivity index (χ2n) is 4.30. The van der Waals surface area contributed by atoms with Gasteiger partial charge in [-0.2, -0.15) is 5.10 Å². The molecule has 0 radical (unpaired) electrons. The first kappa shape index (κ1) is 13.2. The van der Waals surface area contributed by atoms with E-state index in [-0.39, 0.29) is 0 Å². The van der Waals surface area contributed by atoms with Crippen LogP contribution in [0.3, 0.4) is 0 Å². The second-order valence-corrected chi connectivity index (χ2v) is 5.15. The average molecular weight is 310 g/mol. The Morgan fingerprint density at radius 1 is 1.39 bits per heavy atom. The molecule has 1 atom stereocenters. The van der Waals surface area contributed by atoms with E-state index in [1.165, 1.54) is 0 Å². The molecule has 0 saturated carbocycles. The van der Waals surface area contributed by atoms with Gasteiger partial charge in [0.15, 0.2) is 0 Å². The van der Waals surface area contributed by atoms with Crippen LogP contribution in [0.25, 0.3) is 0 Å². The molecule has 2 rings (SSSR count). The predicted octanol–water partition coefficient (Wildman–Crippen LogP) is 2.84. The summed E-state index contributed by atoms with van der Waals surface area (Å²) in [7, 11) is 0. The molecule has 0 saturated heterocycles. The number of pyridine rings is 1. The molecule has 0 fully saturated rings. The minimum atomic E-state index is -0.708. The van der Waals surface area contributed by atoms with Gasteiger partial charge < -0.3 is 5.11 Å². The highest BCUT2D eigenvalue weighted by Crippen LogP contribution is 2.28. The fourth-order valence-corrected chi connectivity index (χ4v) is 2.43. The van der Waals surface area contributed by atoms with Crippen molar-refractivity contribution in [3.63, 3.8) is 0 Å². The Bertz CT molecular complexity index is 539. The zero-order chi connectivity index (χ0) is 13.1. The number of aliphatic hydroxyl groups is 1. The Kier molecular flexibility index (Phi) is 4.14. The highest BCUT2D eigenvalue weighted by Gasteiger charge is 2.19. The third-order valence-corrected chi connectivity index (χ3v) is 3.35. The quantitative estimate of drug-likeness (QED) is 0.945. The summed E-state index contributed by atoms with van der Waals surface area (Å²) in [6.45, 7) is 4.83. The molecule has 0 bridgehead atoms. The lowest BCUT2D eigenvalue weighted by Crippen LogP contribution is -2.11. The van der Waals surface area contributed by atoms with E-state index >= 15 is 0 Å². The van der Waals surface area contributed by atoms with Crippen LogP contribution in [0, 0.1) is 6.92 Å². The van der Waals surface area contributed by atoms with Gasteiger partial charge in [0.2, 0.25) is 0 Å². The zero-order valence-corrected chi connectivity index (χ0v) is 12.1. The standard InChI is InChI=1S/C13H16BrN3O/c1-3-4-17-12(11(14)8-16-17)13(18)10-5-9(2)6-15-7-10/h5-8,13,18H,3-4H2,1-2H3. The molecule has 0 amide bonds. The molecule has 2 aromatic heterocycles. The maximum Gasteiger partial charge on any atom is 0.123 e. The number of aliphatic hydroxyl groups excluding tert-OH is 1. The largest absolute Gasteiger partial charge is 0.382 e. The van der Waals surface area contributed by atoms with E-state index in [4.69, 9.17) is 0 Å². The Hall–Kier alpha value is -1.20. The molecule has 0 spiro atoms. The lowest BCUT2D eigenvalue weighted by molar-refractivity contribution is 0.206. The lowest BCUT2D eigenvalue weighted by atomic mass is 10.1. The normalized spacial score (nSPS) is 12.7. The van der Waals surface area contributed by atoms with Gasteiger partial charge in [0.25, 0.3) is 0 Å². The van der Waals surface area contributed by atoms with Crippen molar-refractivity contribution in [1.29, 1.82) is 0 Å². The molecule has 0 aromatic carbocycles. The number of aromatic nitrogens is 3. The third-order valence-electron chi connectivity index (χ3n) is 2.74. The van der Waals surface area contributed by atoms with Gasteiger partial charge in [0.1, 0.15) is 6.10 Å². The number of rotatable bonds is 4. The van der Waals surface area contributed by atoms with Crippen LogP contribution in [0.1, 0.15) is 36.3 Å². The highest BCUT2D eigenvalue weighted by molar-refractivity contribution is 9.10. The van der Waals surface area contributed by atoms with Gasteiger partial charge in [-0.3, -0.25) is 9.67 Å². The second kappa shape index (κ2) is 5.63. The van der Waals surface area contributed by atoms with Gasteiger partial charge in [-0.15, -0.1) is 0 Å². The molecule has 2 aromatic rings. The number of hydrogen-bond acceptors (Lipinski definition) is 3. The fraction of sp³-hybridized carbons (Fsp3) is 0.385. The van der Waals surface area contributed by atoms with Gasteiger partial charge in [0.05, 0.1) is 16.4 Å². The van der Waals surface area contributed by atoms with Crippen LogP contribution in [0.5, 0.6) is 0 Å². The maximum absolute atomic E-state index is 10.5. The average Bonchev–Trinajstić information content (AvgIpc) is 2.70. The SMILES string of the molecule is CCCn1ncc(Br)c1C(O)c1cncc(C)c1. The first-order valence-electron chi connectivity index (χ1n) is 5.94. The Balaban J connectivity index is 2.39. The van der Waals surface area contributed by atoms with Crippen LogP contribution in [-0.4, -0.2) is 19.9 Å². The molecule has 1 N–H and O–H groups in total. The summed E-state index contributed by atoms with van der Waals surface area (Å²) < 4.78 is 2.65. The monoisotopic (exact) mass is 309 g/mol. The van der Waals surface area contributed by atoms with Gasteiger partial charge >= 0.3 is 0 Å². The molecule has 18 heavy (non-hydrogen) atoms. The summed E-state index contributed by atoms with van der Waals surface area (Å²) in [6.07, 6.45) is 5.44. The Morgan fingerprint density at radius 3 is 2.83 bits per heavy atom. The molecule has 0 aliphatic carbocycles. The van der Waals surface area contributed by atoms with Crippen molar-refractivity contribution in [1.82, 2.24) is 14.8 Å². The molecular weight excluding hydrogens is 294 g/mol. The van der Waals surface area contributed by atoms with E-state index in [0.717, 1.165) is 34.3 Å². The highest BCUT2D eigenvalue weighted by atomic mass is 79.9. The van der Waals surface area contributed by atoms with E-state index in [2.05, 4.69) is 32.9 Å². The predicted molar refractivity (Wildman–Crippen MR) is 73.3 cm³/mol. The summed E-state index contributed by atoms with van der Waals surface area (Å²) in [5.74, 6) is 0. The van der Waals surface area contributed by atoms with Gasteiger partial charge in [0, 0.05) is 24.5 Å². The van der Waals surface area contributed by atoms with E-state index < -0.39 is 6.10 Å². The lowest BCUT2D eigenvalue weighted by Gasteiger charge is -2.14. The number of halogens is 1. The summed E-state index contributed by atoms with van der Waals surface area (Å²) in [5, 5.41) is 14.7. The molecule has 96 valence electrons. The summed E-state index contributed by atoms with van der Waals surface area (Å²) in [6, 6.07) is 1.94. The van der Waals surface area contributed by atoms with Crippen molar-refractivity contribution in [2.24, 2.45) is 0 Å². The minimum Gasteiger partial charge on any atom is -0.382 e. The Labute approximate surface area is 115 Å². The van der Waals surface area contributed by atoms with Gasteiger partial charge in [-0.1, -0.05) is 13.0 Å². The van der Waals surface area contributed by atoms with E-state index in [1.54, 1.807) is 18.6 Å². The summed E-state index contributed by atoms with van der Waals surface area (Å²) in [5.41, 5.74) is 2.60. The van der Waals surface area contributed by atoms with E-state index in [1.807, 2.05) is 17.7 Å².